The van der Waals surface area contributed by atoms with Crippen molar-refractivity contribution < 1.29 is 0 Å². The first kappa shape index (κ1) is 31.1. The Morgan fingerprint density at radius 2 is 0.889 bits per heavy atom. The number of rotatable bonds is 5. The molecular weight excluding hydrogens is 657 g/mol. The molecule has 0 aliphatic carbocycles. The van der Waals surface area contributed by atoms with Crippen molar-refractivity contribution in [3.05, 3.63) is 193 Å². The molecule has 0 saturated heterocycles. The van der Waals surface area contributed by atoms with Gasteiger partial charge in [-0.2, -0.15) is 10.5 Å². The quantitative estimate of drug-likeness (QED) is 0.181. The van der Waals surface area contributed by atoms with E-state index in [1.165, 1.54) is 21.9 Å². The molecule has 0 spiro atoms. The zero-order valence-electron chi connectivity index (χ0n) is 29.1. The minimum Gasteiger partial charge on any atom is -0.309 e. The Morgan fingerprint density at radius 1 is 0.333 bits per heavy atom. The van der Waals surface area contributed by atoms with Crippen LogP contribution in [0, 0.1) is 22.7 Å². The monoisotopic (exact) mass is 686 g/mol. The van der Waals surface area contributed by atoms with Crippen LogP contribution in [0.25, 0.3) is 88.4 Å². The summed E-state index contributed by atoms with van der Waals surface area (Å²) in [5, 5.41) is 24.4. The fraction of sp³-hybridized carbons (Fsp3) is 0. The van der Waals surface area contributed by atoms with Crippen LogP contribution in [0.15, 0.2) is 182 Å². The Balaban J connectivity index is 1.27. The molecule has 10 aromatic rings. The van der Waals surface area contributed by atoms with Crippen LogP contribution in [0.5, 0.6) is 0 Å². The van der Waals surface area contributed by atoms with Gasteiger partial charge in [-0.25, -0.2) is 0 Å². The minimum absolute atomic E-state index is 0.450. The first-order valence-corrected chi connectivity index (χ1v) is 18.0. The van der Waals surface area contributed by atoms with Crippen molar-refractivity contribution in [3.8, 4) is 56.9 Å². The van der Waals surface area contributed by atoms with Gasteiger partial charge >= 0.3 is 0 Å². The van der Waals surface area contributed by atoms with Crippen molar-refractivity contribution >= 4 is 43.6 Å². The molecule has 0 N–H and O–H groups in total. The first-order chi connectivity index (χ1) is 26.7. The second kappa shape index (κ2) is 12.5. The smallest absolute Gasteiger partial charge is 0.0992 e. The summed E-state index contributed by atoms with van der Waals surface area (Å²) < 4.78 is 4.56. The van der Waals surface area contributed by atoms with E-state index in [0.29, 0.717) is 11.1 Å². The van der Waals surface area contributed by atoms with Gasteiger partial charge in [0.1, 0.15) is 0 Å². The zero-order chi connectivity index (χ0) is 36.2. The molecule has 0 aliphatic heterocycles. The van der Waals surface area contributed by atoms with E-state index in [1.807, 2.05) is 18.2 Å². The number of hydrogen-bond acceptors (Lipinski definition) is 2. The van der Waals surface area contributed by atoms with Crippen LogP contribution in [-0.4, -0.2) is 9.13 Å². The fourth-order valence-corrected chi connectivity index (χ4v) is 8.12. The van der Waals surface area contributed by atoms with Gasteiger partial charge in [-0.15, -0.1) is 0 Å². The number of benzene rings is 8. The SMILES string of the molecule is N#Cc1cc(C#N)cc(-n2c3ccc(-c4ccccc4)cc3c3c(-c4ccc5c6cc(-c7ccccc7)ccc6n(-c6ccccc6)c5c4)cccc32)c1. The molecule has 2 heterocycles. The summed E-state index contributed by atoms with van der Waals surface area (Å²) in [7, 11) is 0. The number of aromatic nitrogens is 2. The van der Waals surface area contributed by atoms with E-state index >= 15 is 0 Å². The average Bonchev–Trinajstić information content (AvgIpc) is 3.76. The lowest BCUT2D eigenvalue weighted by Crippen LogP contribution is -1.96. The van der Waals surface area contributed by atoms with Crippen molar-refractivity contribution in [2.24, 2.45) is 0 Å². The first-order valence-electron chi connectivity index (χ1n) is 18.0. The average molecular weight is 687 g/mol. The molecule has 0 fully saturated rings. The number of para-hydroxylation sites is 1. The van der Waals surface area contributed by atoms with E-state index in [-0.39, 0.29) is 0 Å². The number of nitrogens with zero attached hydrogens (tertiary/aromatic N) is 4. The second-order valence-electron chi connectivity index (χ2n) is 13.6. The van der Waals surface area contributed by atoms with Gasteiger partial charge in [-0.1, -0.05) is 115 Å². The van der Waals surface area contributed by atoms with E-state index in [1.54, 1.807) is 6.07 Å². The molecule has 0 radical (unpaired) electrons. The highest BCUT2D eigenvalue weighted by Gasteiger charge is 2.20. The topological polar surface area (TPSA) is 57.4 Å². The van der Waals surface area contributed by atoms with Gasteiger partial charge in [-0.3, -0.25) is 0 Å². The van der Waals surface area contributed by atoms with Crippen LogP contribution < -0.4 is 0 Å². The van der Waals surface area contributed by atoms with Crippen LogP contribution in [0.1, 0.15) is 11.1 Å². The highest BCUT2D eigenvalue weighted by atomic mass is 15.0. The summed E-state index contributed by atoms with van der Waals surface area (Å²) in [6, 6.07) is 68.1. The summed E-state index contributed by atoms with van der Waals surface area (Å²) in [4.78, 5) is 0. The molecule has 0 amide bonds. The van der Waals surface area contributed by atoms with E-state index in [0.717, 1.165) is 66.5 Å². The summed E-state index contributed by atoms with van der Waals surface area (Å²) in [6.45, 7) is 0. The van der Waals surface area contributed by atoms with E-state index in [4.69, 9.17) is 0 Å². The molecule has 2 aromatic heterocycles. The Morgan fingerprint density at radius 3 is 1.52 bits per heavy atom. The molecule has 10 rings (SSSR count). The lowest BCUT2D eigenvalue weighted by molar-refractivity contribution is 1.17. The molecule has 54 heavy (non-hydrogen) atoms. The predicted octanol–water partition coefficient (Wildman–Crippen LogP) is 12.6. The van der Waals surface area contributed by atoms with Gasteiger partial charge in [0.25, 0.3) is 0 Å². The highest BCUT2D eigenvalue weighted by molar-refractivity contribution is 6.18. The normalized spacial score (nSPS) is 11.3. The van der Waals surface area contributed by atoms with Crippen LogP contribution in [-0.2, 0) is 0 Å². The van der Waals surface area contributed by atoms with Crippen molar-refractivity contribution in [3.63, 3.8) is 0 Å². The maximum Gasteiger partial charge on any atom is 0.0992 e. The molecular formula is C50H30N4. The van der Waals surface area contributed by atoms with E-state index in [2.05, 4.69) is 179 Å². The van der Waals surface area contributed by atoms with Gasteiger partial charge in [0.15, 0.2) is 0 Å². The Bertz CT molecular complexity index is 3120. The summed E-state index contributed by atoms with van der Waals surface area (Å²) in [5.41, 5.74) is 13.9. The summed E-state index contributed by atoms with van der Waals surface area (Å²) in [6.07, 6.45) is 0. The molecule has 0 bridgehead atoms. The van der Waals surface area contributed by atoms with Crippen LogP contribution in [0.3, 0.4) is 0 Å². The fourth-order valence-electron chi connectivity index (χ4n) is 8.12. The predicted molar refractivity (Wildman–Crippen MR) is 221 cm³/mol. The second-order valence-corrected chi connectivity index (χ2v) is 13.6. The maximum atomic E-state index is 9.91. The van der Waals surface area contributed by atoms with Gasteiger partial charge < -0.3 is 9.13 Å². The van der Waals surface area contributed by atoms with Crippen LogP contribution in [0.2, 0.25) is 0 Å². The third kappa shape index (κ3) is 4.98. The van der Waals surface area contributed by atoms with Crippen molar-refractivity contribution in [1.29, 1.82) is 10.5 Å². The molecule has 0 atom stereocenters. The lowest BCUT2D eigenvalue weighted by atomic mass is 9.96. The number of hydrogen-bond donors (Lipinski definition) is 0. The highest BCUT2D eigenvalue weighted by Crippen LogP contribution is 2.43. The van der Waals surface area contributed by atoms with Crippen molar-refractivity contribution in [2.45, 2.75) is 0 Å². The van der Waals surface area contributed by atoms with Crippen molar-refractivity contribution in [2.75, 3.05) is 0 Å². The summed E-state index contributed by atoms with van der Waals surface area (Å²) in [5.74, 6) is 0. The molecule has 0 unspecified atom stereocenters. The summed E-state index contributed by atoms with van der Waals surface area (Å²) >= 11 is 0. The molecule has 8 aromatic carbocycles. The molecule has 250 valence electrons. The number of fused-ring (bicyclic) bond motifs is 6. The standard InChI is InChI=1S/C50H30N4/c51-31-33-25-34(32-52)27-41(26-33)54-47-24-21-38(36-13-6-2-7-14-36)29-45(47)50-42(17-10-18-48(50)54)39-19-22-43-44-28-37(35-11-4-1-5-12-35)20-23-46(44)53(49(43)30-39)40-15-8-3-9-16-40/h1-30H. The Labute approximate surface area is 312 Å². The van der Waals surface area contributed by atoms with Crippen LogP contribution >= 0.6 is 0 Å². The third-order valence-electron chi connectivity index (χ3n) is 10.5. The minimum atomic E-state index is 0.450. The van der Waals surface area contributed by atoms with Crippen LogP contribution in [0.4, 0.5) is 0 Å². The van der Waals surface area contributed by atoms with Crippen molar-refractivity contribution in [1.82, 2.24) is 9.13 Å². The third-order valence-corrected chi connectivity index (χ3v) is 10.5. The van der Waals surface area contributed by atoms with E-state index in [9.17, 15) is 10.5 Å². The van der Waals surface area contributed by atoms with Gasteiger partial charge in [-0.05, 0) is 100 Å². The Kier molecular flexibility index (Phi) is 7.22. The molecule has 4 nitrogen and oxygen atoms in total. The van der Waals surface area contributed by atoms with Gasteiger partial charge in [0.05, 0.1) is 45.3 Å². The zero-order valence-corrected chi connectivity index (χ0v) is 29.1. The lowest BCUT2D eigenvalue weighted by Gasteiger charge is -2.11. The Hall–Kier alpha value is -7.66. The molecule has 0 saturated carbocycles. The maximum absolute atomic E-state index is 9.91. The largest absolute Gasteiger partial charge is 0.309 e. The van der Waals surface area contributed by atoms with E-state index < -0.39 is 0 Å². The van der Waals surface area contributed by atoms with Gasteiger partial charge in [0.2, 0.25) is 0 Å². The number of nitriles is 2. The molecule has 4 heteroatoms. The van der Waals surface area contributed by atoms with Gasteiger partial charge in [0, 0.05) is 32.9 Å². The molecule has 0 aliphatic rings.